The highest BCUT2D eigenvalue weighted by Gasteiger charge is 2.11. The molecule has 2 rings (SSSR count). The van der Waals surface area contributed by atoms with Crippen LogP contribution in [0.5, 0.6) is 0 Å². The van der Waals surface area contributed by atoms with Crippen LogP contribution in [0.25, 0.3) is 0 Å². The van der Waals surface area contributed by atoms with Crippen molar-refractivity contribution < 1.29 is 0 Å². The van der Waals surface area contributed by atoms with E-state index in [-0.39, 0.29) is 5.96 Å². The SMILES string of the molecule is Cc1cc(C)n(C(=N)n2nc(C)cc2C)n1. The van der Waals surface area contributed by atoms with E-state index in [0.717, 1.165) is 22.8 Å². The van der Waals surface area contributed by atoms with Gasteiger partial charge in [0.25, 0.3) is 0 Å². The zero-order valence-electron chi connectivity index (χ0n) is 9.94. The Morgan fingerprint density at radius 1 is 0.938 bits per heavy atom. The van der Waals surface area contributed by atoms with Gasteiger partial charge in [0.2, 0.25) is 5.96 Å². The molecule has 16 heavy (non-hydrogen) atoms. The third kappa shape index (κ3) is 1.64. The average Bonchev–Trinajstić information content (AvgIpc) is 2.68. The molecule has 5 heteroatoms. The van der Waals surface area contributed by atoms with Crippen molar-refractivity contribution in [2.75, 3.05) is 0 Å². The van der Waals surface area contributed by atoms with Crippen LogP contribution in [0.15, 0.2) is 12.1 Å². The van der Waals surface area contributed by atoms with E-state index in [0.29, 0.717) is 0 Å². The fourth-order valence-electron chi connectivity index (χ4n) is 1.78. The predicted molar refractivity (Wildman–Crippen MR) is 61.9 cm³/mol. The lowest BCUT2D eigenvalue weighted by molar-refractivity contribution is 0.765. The van der Waals surface area contributed by atoms with E-state index in [4.69, 9.17) is 5.41 Å². The Hall–Kier alpha value is -1.91. The monoisotopic (exact) mass is 217 g/mol. The number of aromatic nitrogens is 4. The Labute approximate surface area is 94.2 Å². The van der Waals surface area contributed by atoms with Crippen LogP contribution < -0.4 is 0 Å². The minimum absolute atomic E-state index is 0.260. The van der Waals surface area contributed by atoms with Gasteiger partial charge in [0, 0.05) is 11.4 Å². The molecule has 2 aromatic rings. The lowest BCUT2D eigenvalue weighted by atomic mass is 10.4. The highest BCUT2D eigenvalue weighted by atomic mass is 15.5. The van der Waals surface area contributed by atoms with Crippen LogP contribution in [0.2, 0.25) is 0 Å². The average molecular weight is 217 g/mol. The van der Waals surface area contributed by atoms with Crippen LogP contribution in [-0.2, 0) is 0 Å². The van der Waals surface area contributed by atoms with Gasteiger partial charge in [0.1, 0.15) is 0 Å². The van der Waals surface area contributed by atoms with E-state index >= 15 is 0 Å². The highest BCUT2D eigenvalue weighted by molar-refractivity contribution is 5.81. The van der Waals surface area contributed by atoms with Crippen molar-refractivity contribution in [1.29, 1.82) is 5.41 Å². The van der Waals surface area contributed by atoms with Gasteiger partial charge in [0.05, 0.1) is 11.4 Å². The Morgan fingerprint density at radius 2 is 1.31 bits per heavy atom. The van der Waals surface area contributed by atoms with Crippen molar-refractivity contribution in [2.45, 2.75) is 27.7 Å². The number of nitrogens with one attached hydrogen (secondary N) is 1. The van der Waals surface area contributed by atoms with Crippen molar-refractivity contribution >= 4 is 5.96 Å². The van der Waals surface area contributed by atoms with Gasteiger partial charge < -0.3 is 0 Å². The molecule has 0 saturated heterocycles. The number of aryl methyl sites for hydroxylation is 4. The molecule has 2 aromatic heterocycles. The van der Waals surface area contributed by atoms with Gasteiger partial charge in [-0.2, -0.15) is 10.2 Å². The van der Waals surface area contributed by atoms with Crippen LogP contribution in [-0.4, -0.2) is 25.5 Å². The molecule has 0 bridgehead atoms. The minimum atomic E-state index is 0.260. The molecule has 0 aromatic carbocycles. The van der Waals surface area contributed by atoms with Gasteiger partial charge in [-0.15, -0.1) is 0 Å². The fraction of sp³-hybridized carbons (Fsp3) is 0.364. The summed E-state index contributed by atoms with van der Waals surface area (Å²) in [7, 11) is 0. The molecule has 0 aliphatic heterocycles. The first-order chi connectivity index (χ1) is 7.49. The molecule has 0 saturated carbocycles. The van der Waals surface area contributed by atoms with Crippen LogP contribution in [0.1, 0.15) is 22.8 Å². The number of nitrogens with zero attached hydrogens (tertiary/aromatic N) is 4. The smallest absolute Gasteiger partial charge is 0.244 e. The van der Waals surface area contributed by atoms with Crippen LogP contribution in [0, 0.1) is 33.1 Å². The summed E-state index contributed by atoms with van der Waals surface area (Å²) in [4.78, 5) is 0. The van der Waals surface area contributed by atoms with E-state index in [1.165, 1.54) is 0 Å². The summed E-state index contributed by atoms with van der Waals surface area (Å²) in [5.74, 6) is 0.260. The topological polar surface area (TPSA) is 59.5 Å². The van der Waals surface area contributed by atoms with Gasteiger partial charge in [0.15, 0.2) is 0 Å². The van der Waals surface area contributed by atoms with Crippen molar-refractivity contribution in [1.82, 2.24) is 19.6 Å². The Kier molecular flexibility index (Phi) is 2.38. The first-order valence-electron chi connectivity index (χ1n) is 5.15. The standard InChI is InChI=1S/C11H15N5/c1-7-5-9(3)15(13-7)11(12)16-10(4)6-8(2)14-16/h5-6,12H,1-4H3. The zero-order chi connectivity index (χ0) is 11.9. The zero-order valence-corrected chi connectivity index (χ0v) is 9.94. The number of hydrogen-bond acceptors (Lipinski definition) is 3. The molecule has 0 amide bonds. The first kappa shape index (κ1) is 10.6. The molecule has 1 N–H and O–H groups in total. The maximum absolute atomic E-state index is 8.08. The van der Waals surface area contributed by atoms with Crippen molar-refractivity contribution in [2.24, 2.45) is 0 Å². The quantitative estimate of drug-likeness (QED) is 0.538. The van der Waals surface area contributed by atoms with E-state index in [9.17, 15) is 0 Å². The molecule has 84 valence electrons. The molecule has 0 fully saturated rings. The van der Waals surface area contributed by atoms with E-state index in [1.54, 1.807) is 9.36 Å². The van der Waals surface area contributed by atoms with Gasteiger partial charge in [-0.05, 0) is 39.8 Å². The molecule has 0 aliphatic rings. The van der Waals surface area contributed by atoms with Crippen LogP contribution >= 0.6 is 0 Å². The Morgan fingerprint density at radius 3 is 1.56 bits per heavy atom. The molecule has 2 heterocycles. The summed E-state index contributed by atoms with van der Waals surface area (Å²) < 4.78 is 3.18. The third-order valence-electron chi connectivity index (χ3n) is 2.42. The van der Waals surface area contributed by atoms with Crippen LogP contribution in [0.4, 0.5) is 0 Å². The summed E-state index contributed by atoms with van der Waals surface area (Å²) in [5.41, 5.74) is 3.69. The number of rotatable bonds is 0. The highest BCUT2D eigenvalue weighted by Crippen LogP contribution is 2.06. The maximum atomic E-state index is 8.08. The van der Waals surface area contributed by atoms with Crippen molar-refractivity contribution in [3.63, 3.8) is 0 Å². The largest absolute Gasteiger partial charge is 0.265 e. The molecule has 0 aliphatic carbocycles. The number of hydrogen-bond donors (Lipinski definition) is 1. The molecule has 0 unspecified atom stereocenters. The summed E-state index contributed by atoms with van der Waals surface area (Å²) in [6, 6.07) is 3.89. The Bertz CT molecular complexity index is 498. The second-order valence-electron chi connectivity index (χ2n) is 4.00. The van der Waals surface area contributed by atoms with Gasteiger partial charge in [-0.25, -0.2) is 9.36 Å². The van der Waals surface area contributed by atoms with Crippen LogP contribution in [0.3, 0.4) is 0 Å². The summed E-state index contributed by atoms with van der Waals surface area (Å²) in [5, 5.41) is 16.6. The van der Waals surface area contributed by atoms with E-state index in [1.807, 2.05) is 39.8 Å². The van der Waals surface area contributed by atoms with Gasteiger partial charge in [-0.3, -0.25) is 5.41 Å². The van der Waals surface area contributed by atoms with Crippen molar-refractivity contribution in [3.05, 3.63) is 34.9 Å². The summed E-state index contributed by atoms with van der Waals surface area (Å²) in [6.45, 7) is 7.69. The normalized spacial score (nSPS) is 10.8. The molecular formula is C11H15N5. The summed E-state index contributed by atoms with van der Waals surface area (Å²) >= 11 is 0. The first-order valence-corrected chi connectivity index (χ1v) is 5.15. The Balaban J connectivity index is 2.46. The van der Waals surface area contributed by atoms with E-state index in [2.05, 4.69) is 10.2 Å². The van der Waals surface area contributed by atoms with Gasteiger partial charge in [-0.1, -0.05) is 0 Å². The molecule has 0 spiro atoms. The lowest BCUT2D eigenvalue weighted by Gasteiger charge is -2.07. The van der Waals surface area contributed by atoms with Crippen molar-refractivity contribution in [3.8, 4) is 0 Å². The van der Waals surface area contributed by atoms with Gasteiger partial charge >= 0.3 is 0 Å². The molecule has 0 radical (unpaired) electrons. The predicted octanol–water partition coefficient (Wildman–Crippen LogP) is 1.64. The van der Waals surface area contributed by atoms with E-state index < -0.39 is 0 Å². The third-order valence-corrected chi connectivity index (χ3v) is 2.42. The second kappa shape index (κ2) is 3.59. The lowest BCUT2D eigenvalue weighted by Crippen LogP contribution is -2.24. The second-order valence-corrected chi connectivity index (χ2v) is 4.00. The summed E-state index contributed by atoms with van der Waals surface area (Å²) in [6.07, 6.45) is 0. The molecule has 5 nitrogen and oxygen atoms in total. The molecular weight excluding hydrogens is 202 g/mol. The molecule has 0 atom stereocenters. The fourth-order valence-corrected chi connectivity index (χ4v) is 1.78. The minimum Gasteiger partial charge on any atom is -0.265 e. The maximum Gasteiger partial charge on any atom is 0.244 e.